The molecule has 0 unspecified atom stereocenters. The van der Waals surface area contributed by atoms with E-state index in [2.05, 4.69) is 5.32 Å². The van der Waals surface area contributed by atoms with E-state index in [4.69, 9.17) is 5.11 Å². The van der Waals surface area contributed by atoms with Crippen molar-refractivity contribution in [3.63, 3.8) is 0 Å². The number of rotatable bonds is 4. The van der Waals surface area contributed by atoms with Crippen molar-refractivity contribution in [2.75, 3.05) is 12.4 Å². The highest BCUT2D eigenvalue weighted by Gasteiger charge is 1.97. The third-order valence-electron chi connectivity index (χ3n) is 2.00. The molecule has 0 radical (unpaired) electrons. The largest absolute Gasteiger partial charge is 0.481 e. The van der Waals surface area contributed by atoms with Gasteiger partial charge in [0.2, 0.25) is 0 Å². The topological polar surface area (TPSA) is 49.3 Å². The maximum atomic E-state index is 9.90. The molecule has 0 atom stereocenters. The number of benzene rings is 1. The molecule has 2 N–H and O–H groups in total. The fourth-order valence-corrected chi connectivity index (χ4v) is 1.02. The van der Waals surface area contributed by atoms with E-state index in [1.54, 1.807) is 0 Å². The summed E-state index contributed by atoms with van der Waals surface area (Å²) < 4.78 is 0. The maximum absolute atomic E-state index is 9.90. The van der Waals surface area contributed by atoms with Gasteiger partial charge in [0.15, 0.2) is 0 Å². The number of anilines is 1. The number of nitrogens with one attached hydrogen (secondary N) is 1. The lowest BCUT2D eigenvalue weighted by Gasteiger charge is -1.97. The molecule has 1 aromatic carbocycles. The van der Waals surface area contributed by atoms with E-state index in [0.29, 0.717) is 12.3 Å². The SMILES string of the molecule is CC(C)CCC(=O)O.CNc1ccccc1. The van der Waals surface area contributed by atoms with Gasteiger partial charge < -0.3 is 10.4 Å². The zero-order chi connectivity index (χ0) is 12.4. The van der Waals surface area contributed by atoms with Crippen molar-refractivity contribution >= 4 is 11.7 Å². The first-order chi connectivity index (χ1) is 7.56. The van der Waals surface area contributed by atoms with Gasteiger partial charge in [-0.15, -0.1) is 0 Å². The highest BCUT2D eigenvalue weighted by atomic mass is 16.4. The second-order valence-electron chi connectivity index (χ2n) is 3.94. The predicted octanol–water partition coefficient (Wildman–Crippen LogP) is 3.24. The van der Waals surface area contributed by atoms with Gasteiger partial charge in [-0.05, 0) is 24.5 Å². The zero-order valence-electron chi connectivity index (χ0n) is 10.2. The number of hydrogen-bond donors (Lipinski definition) is 2. The number of hydrogen-bond acceptors (Lipinski definition) is 2. The molecule has 0 amide bonds. The highest BCUT2D eigenvalue weighted by Crippen LogP contribution is 2.02. The lowest BCUT2D eigenvalue weighted by Crippen LogP contribution is -1.97. The van der Waals surface area contributed by atoms with Crippen LogP contribution < -0.4 is 5.32 Å². The normalized spacial score (nSPS) is 9.25. The summed E-state index contributed by atoms with van der Waals surface area (Å²) in [5.41, 5.74) is 1.16. The van der Waals surface area contributed by atoms with E-state index >= 15 is 0 Å². The van der Waals surface area contributed by atoms with Crippen molar-refractivity contribution in [1.29, 1.82) is 0 Å². The second kappa shape index (κ2) is 8.77. The van der Waals surface area contributed by atoms with Gasteiger partial charge in [0, 0.05) is 19.2 Å². The van der Waals surface area contributed by atoms with Crippen LogP contribution in [0, 0.1) is 5.92 Å². The summed E-state index contributed by atoms with van der Waals surface area (Å²) in [5, 5.41) is 11.2. The number of carboxylic acid groups (broad SMARTS) is 1. The van der Waals surface area contributed by atoms with Crippen molar-refractivity contribution in [3.8, 4) is 0 Å². The summed E-state index contributed by atoms with van der Waals surface area (Å²) in [6.45, 7) is 4.03. The van der Waals surface area contributed by atoms with Gasteiger partial charge >= 0.3 is 5.97 Å². The second-order valence-corrected chi connectivity index (χ2v) is 3.94. The minimum absolute atomic E-state index is 0.303. The molecule has 0 heterocycles. The summed E-state index contributed by atoms with van der Waals surface area (Å²) in [4.78, 5) is 9.90. The molecule has 1 aromatic rings. The Kier molecular flexibility index (Phi) is 7.94. The lowest BCUT2D eigenvalue weighted by molar-refractivity contribution is -0.137. The molecule has 3 heteroatoms. The summed E-state index contributed by atoms with van der Waals surface area (Å²) in [6.07, 6.45) is 1.09. The van der Waals surface area contributed by atoms with Crippen LogP contribution in [0.3, 0.4) is 0 Å². The molecule has 0 fully saturated rings. The van der Waals surface area contributed by atoms with Gasteiger partial charge in [0.1, 0.15) is 0 Å². The van der Waals surface area contributed by atoms with Crippen LogP contribution in [0.25, 0.3) is 0 Å². The van der Waals surface area contributed by atoms with Gasteiger partial charge in [-0.2, -0.15) is 0 Å². The van der Waals surface area contributed by atoms with Gasteiger partial charge in [0.05, 0.1) is 0 Å². The smallest absolute Gasteiger partial charge is 0.303 e. The maximum Gasteiger partial charge on any atom is 0.303 e. The average Bonchev–Trinajstić information content (AvgIpc) is 2.28. The Morgan fingerprint density at radius 3 is 2.12 bits per heavy atom. The minimum Gasteiger partial charge on any atom is -0.481 e. The van der Waals surface area contributed by atoms with Gasteiger partial charge in [-0.1, -0.05) is 32.0 Å². The molecular formula is C13H21NO2. The molecule has 16 heavy (non-hydrogen) atoms. The van der Waals surface area contributed by atoms with E-state index in [9.17, 15) is 4.79 Å². The van der Waals surface area contributed by atoms with E-state index in [1.165, 1.54) is 0 Å². The van der Waals surface area contributed by atoms with Crippen LogP contribution in [0.4, 0.5) is 5.69 Å². The monoisotopic (exact) mass is 223 g/mol. The summed E-state index contributed by atoms with van der Waals surface area (Å²) in [6, 6.07) is 10.1. The lowest BCUT2D eigenvalue weighted by atomic mass is 10.1. The van der Waals surface area contributed by atoms with Gasteiger partial charge in [0.25, 0.3) is 0 Å². The highest BCUT2D eigenvalue weighted by molar-refractivity contribution is 5.66. The van der Waals surface area contributed by atoms with Gasteiger partial charge in [-0.3, -0.25) is 4.79 Å². The molecule has 0 aromatic heterocycles. The van der Waals surface area contributed by atoms with Crippen LogP contribution in [0.15, 0.2) is 30.3 Å². The van der Waals surface area contributed by atoms with Crippen molar-refractivity contribution < 1.29 is 9.90 Å². The predicted molar refractivity (Wildman–Crippen MR) is 67.7 cm³/mol. The molecule has 0 spiro atoms. The third-order valence-corrected chi connectivity index (χ3v) is 2.00. The number of aliphatic carboxylic acids is 1. The van der Waals surface area contributed by atoms with E-state index in [0.717, 1.165) is 12.1 Å². The summed E-state index contributed by atoms with van der Waals surface area (Å²) in [7, 11) is 1.91. The third kappa shape index (κ3) is 9.06. The molecular weight excluding hydrogens is 202 g/mol. The van der Waals surface area contributed by atoms with Crippen LogP contribution in [0.5, 0.6) is 0 Å². The molecule has 0 saturated heterocycles. The molecule has 1 rings (SSSR count). The first-order valence-electron chi connectivity index (χ1n) is 5.50. The first-order valence-corrected chi connectivity index (χ1v) is 5.50. The van der Waals surface area contributed by atoms with Crippen molar-refractivity contribution in [2.24, 2.45) is 5.92 Å². The molecule has 0 saturated carbocycles. The molecule has 3 nitrogen and oxygen atoms in total. The van der Waals surface area contributed by atoms with Crippen molar-refractivity contribution in [2.45, 2.75) is 26.7 Å². The Morgan fingerprint density at radius 1 is 1.31 bits per heavy atom. The molecule has 90 valence electrons. The van der Waals surface area contributed by atoms with Crippen LogP contribution in [-0.4, -0.2) is 18.1 Å². The molecule has 0 aliphatic carbocycles. The Labute approximate surface area is 97.5 Å². The Balaban J connectivity index is 0.000000281. The Morgan fingerprint density at radius 2 is 1.88 bits per heavy atom. The van der Waals surface area contributed by atoms with Crippen LogP contribution in [0.1, 0.15) is 26.7 Å². The molecule has 0 aliphatic rings. The Hall–Kier alpha value is -1.51. The fraction of sp³-hybridized carbons (Fsp3) is 0.462. The molecule has 0 aliphatic heterocycles. The zero-order valence-corrected chi connectivity index (χ0v) is 10.2. The Bertz CT molecular complexity index is 283. The number of para-hydroxylation sites is 1. The van der Waals surface area contributed by atoms with Crippen LogP contribution >= 0.6 is 0 Å². The summed E-state index contributed by atoms with van der Waals surface area (Å²) in [5.74, 6) is -0.190. The number of carbonyl (C=O) groups is 1. The fourth-order valence-electron chi connectivity index (χ4n) is 1.02. The number of carboxylic acids is 1. The van der Waals surface area contributed by atoms with Gasteiger partial charge in [-0.25, -0.2) is 0 Å². The minimum atomic E-state index is -0.696. The van der Waals surface area contributed by atoms with Crippen LogP contribution in [0.2, 0.25) is 0 Å². The van der Waals surface area contributed by atoms with Crippen LogP contribution in [-0.2, 0) is 4.79 Å². The quantitative estimate of drug-likeness (QED) is 0.823. The van der Waals surface area contributed by atoms with Crippen molar-refractivity contribution in [1.82, 2.24) is 0 Å². The standard InChI is InChI=1S/C7H9N.C6H12O2/c1-8-7-5-3-2-4-6-7;1-5(2)3-4-6(7)8/h2-6,8H,1H3;5H,3-4H2,1-2H3,(H,7,8). The van der Waals surface area contributed by atoms with E-state index < -0.39 is 5.97 Å². The first kappa shape index (κ1) is 14.5. The van der Waals surface area contributed by atoms with E-state index in [-0.39, 0.29) is 0 Å². The van der Waals surface area contributed by atoms with Crippen molar-refractivity contribution in [3.05, 3.63) is 30.3 Å². The van der Waals surface area contributed by atoms with E-state index in [1.807, 2.05) is 51.2 Å². The summed E-state index contributed by atoms with van der Waals surface area (Å²) >= 11 is 0. The molecule has 0 bridgehead atoms. The average molecular weight is 223 g/mol.